The largest absolute Gasteiger partial charge is 0.416 e. The van der Waals surface area contributed by atoms with Gasteiger partial charge in [-0.15, -0.1) is 0 Å². The van der Waals surface area contributed by atoms with E-state index in [0.717, 1.165) is 0 Å². The summed E-state index contributed by atoms with van der Waals surface area (Å²) in [4.78, 5) is 13.1. The van der Waals surface area contributed by atoms with Gasteiger partial charge < -0.3 is 4.74 Å². The van der Waals surface area contributed by atoms with Crippen molar-refractivity contribution in [2.24, 2.45) is 0 Å². The van der Waals surface area contributed by atoms with Crippen molar-refractivity contribution in [1.29, 1.82) is 0 Å². The molecule has 144 valence electrons. The van der Waals surface area contributed by atoms with Crippen LogP contribution in [0.2, 0.25) is 0 Å². The normalized spacial score (nSPS) is 20.1. The highest BCUT2D eigenvalue weighted by Crippen LogP contribution is 2.49. The monoisotopic (exact) mass is 393 g/mol. The fourth-order valence-electron chi connectivity index (χ4n) is 2.69. The number of halogens is 7. The number of carbonyl (C=O) groups is 1. The van der Waals surface area contributed by atoms with Gasteiger partial charge in [0.1, 0.15) is 6.61 Å². The van der Waals surface area contributed by atoms with Crippen molar-refractivity contribution >= 4 is 17.3 Å². The Hall–Kier alpha value is -2.62. The summed E-state index contributed by atoms with van der Waals surface area (Å²) in [6.45, 7) is -2.08. The minimum atomic E-state index is -4.94. The third kappa shape index (κ3) is 3.48. The molecular weight excluding hydrogens is 383 g/mol. The summed E-state index contributed by atoms with van der Waals surface area (Å²) in [5.41, 5.74) is -2.47. The molecule has 1 amide bonds. The van der Waals surface area contributed by atoms with Crippen LogP contribution in [0.15, 0.2) is 48.5 Å². The lowest BCUT2D eigenvalue weighted by Crippen LogP contribution is -2.39. The average molecular weight is 393 g/mol. The van der Waals surface area contributed by atoms with Gasteiger partial charge in [-0.1, -0.05) is 24.3 Å². The highest BCUT2D eigenvalue weighted by atomic mass is 19.4. The van der Waals surface area contributed by atoms with Crippen molar-refractivity contribution < 1.29 is 40.3 Å². The third-order valence-electron chi connectivity index (χ3n) is 3.84. The summed E-state index contributed by atoms with van der Waals surface area (Å²) in [5, 5.41) is 0. The standard InChI is InChI=1S/C17H10F7NO2/c18-15(19,20)9-27-16(21)12-7-6-10(17(22,23)24)8-13(12)25(14(16)26)11-4-2-1-3-5-11/h1-8H,9H2. The molecular formula is C17H10F7NO2. The molecule has 0 fully saturated rings. The molecule has 3 nitrogen and oxygen atoms in total. The van der Waals surface area contributed by atoms with E-state index in [1.807, 2.05) is 0 Å². The van der Waals surface area contributed by atoms with E-state index in [9.17, 15) is 31.1 Å². The second kappa shape index (κ2) is 6.22. The molecule has 0 spiro atoms. The van der Waals surface area contributed by atoms with Gasteiger partial charge in [0.25, 0.3) is 0 Å². The van der Waals surface area contributed by atoms with E-state index in [-0.39, 0.29) is 5.69 Å². The molecule has 0 saturated carbocycles. The van der Waals surface area contributed by atoms with Gasteiger partial charge in [0, 0.05) is 5.69 Å². The number of anilines is 2. The first-order valence-corrected chi connectivity index (χ1v) is 7.44. The molecule has 27 heavy (non-hydrogen) atoms. The predicted octanol–water partition coefficient (Wildman–Crippen LogP) is 5.08. The fraction of sp³-hybridized carbons (Fsp3) is 0.235. The van der Waals surface area contributed by atoms with Crippen LogP contribution in [-0.2, 0) is 21.6 Å². The van der Waals surface area contributed by atoms with E-state index in [4.69, 9.17) is 0 Å². The smallest absolute Gasteiger partial charge is 0.325 e. The lowest BCUT2D eigenvalue weighted by molar-refractivity contribution is -0.234. The summed E-state index contributed by atoms with van der Waals surface area (Å²) in [7, 11) is 0. The number of fused-ring (bicyclic) bond motifs is 1. The number of hydrogen-bond donors (Lipinski definition) is 0. The van der Waals surface area contributed by atoms with E-state index in [2.05, 4.69) is 4.74 Å². The molecule has 1 unspecified atom stereocenters. The van der Waals surface area contributed by atoms with E-state index in [1.165, 1.54) is 24.3 Å². The Labute approximate surface area is 148 Å². The number of ether oxygens (including phenoxy) is 1. The summed E-state index contributed by atoms with van der Waals surface area (Å²) in [6, 6.07) is 8.60. The second-order valence-electron chi connectivity index (χ2n) is 5.70. The van der Waals surface area contributed by atoms with Gasteiger partial charge in [0.2, 0.25) is 0 Å². The molecule has 1 aliphatic rings. The van der Waals surface area contributed by atoms with E-state index in [1.54, 1.807) is 6.07 Å². The molecule has 0 aliphatic carbocycles. The van der Waals surface area contributed by atoms with Crippen LogP contribution in [0.25, 0.3) is 0 Å². The Bertz CT molecular complexity index is 864. The third-order valence-corrected chi connectivity index (χ3v) is 3.84. The molecule has 0 N–H and O–H groups in total. The average Bonchev–Trinajstić information content (AvgIpc) is 2.80. The number of nitrogens with zero attached hydrogens (tertiary/aromatic N) is 1. The van der Waals surface area contributed by atoms with Gasteiger partial charge in [0.15, 0.2) is 0 Å². The van der Waals surface area contributed by atoms with Gasteiger partial charge >= 0.3 is 24.1 Å². The number of hydrogen-bond acceptors (Lipinski definition) is 2. The van der Waals surface area contributed by atoms with Gasteiger partial charge in [-0.2, -0.15) is 30.7 Å². The number of benzene rings is 2. The lowest BCUT2D eigenvalue weighted by Gasteiger charge is -2.22. The first-order chi connectivity index (χ1) is 12.4. The SMILES string of the molecule is O=C1N(c2ccccc2)c2cc(C(F)(F)F)ccc2C1(F)OCC(F)(F)F. The number of amides is 1. The van der Waals surface area contributed by atoms with Crippen LogP contribution in [0.4, 0.5) is 42.1 Å². The molecule has 0 radical (unpaired) electrons. The Balaban J connectivity index is 2.15. The molecule has 1 heterocycles. The van der Waals surface area contributed by atoms with Gasteiger partial charge in [-0.25, -0.2) is 0 Å². The van der Waals surface area contributed by atoms with Crippen molar-refractivity contribution in [3.8, 4) is 0 Å². The molecule has 0 saturated heterocycles. The molecule has 2 aromatic carbocycles. The zero-order chi connectivity index (χ0) is 20.0. The summed E-state index contributed by atoms with van der Waals surface area (Å²) in [5.74, 6) is -5.13. The summed E-state index contributed by atoms with van der Waals surface area (Å²) in [6.07, 6.45) is -9.74. The molecule has 1 atom stereocenters. The zero-order valence-corrected chi connectivity index (χ0v) is 13.2. The van der Waals surface area contributed by atoms with Crippen molar-refractivity contribution in [2.75, 3.05) is 11.5 Å². The number of para-hydroxylation sites is 1. The maximum atomic E-state index is 15.2. The van der Waals surface area contributed by atoms with Crippen molar-refractivity contribution in [1.82, 2.24) is 0 Å². The zero-order valence-electron chi connectivity index (χ0n) is 13.2. The Morgan fingerprint density at radius 2 is 1.59 bits per heavy atom. The summed E-state index contributed by atoms with van der Waals surface area (Å²) < 4.78 is 95.8. The van der Waals surface area contributed by atoms with Crippen LogP contribution in [0.3, 0.4) is 0 Å². The predicted molar refractivity (Wildman–Crippen MR) is 79.8 cm³/mol. The van der Waals surface area contributed by atoms with E-state index >= 15 is 4.39 Å². The summed E-state index contributed by atoms with van der Waals surface area (Å²) >= 11 is 0. The highest BCUT2D eigenvalue weighted by molar-refractivity contribution is 6.11. The first kappa shape index (κ1) is 19.2. The lowest BCUT2D eigenvalue weighted by atomic mass is 10.1. The highest BCUT2D eigenvalue weighted by Gasteiger charge is 2.56. The fourth-order valence-corrected chi connectivity index (χ4v) is 2.69. The molecule has 2 aromatic rings. The Morgan fingerprint density at radius 3 is 2.15 bits per heavy atom. The molecule has 10 heteroatoms. The molecule has 3 rings (SSSR count). The van der Waals surface area contributed by atoms with Crippen molar-refractivity contribution in [2.45, 2.75) is 18.2 Å². The van der Waals surface area contributed by atoms with Crippen LogP contribution < -0.4 is 4.90 Å². The van der Waals surface area contributed by atoms with Crippen LogP contribution >= 0.6 is 0 Å². The van der Waals surface area contributed by atoms with Gasteiger partial charge in [-0.05, 0) is 24.3 Å². The topological polar surface area (TPSA) is 29.5 Å². The van der Waals surface area contributed by atoms with Crippen molar-refractivity contribution in [3.05, 3.63) is 59.7 Å². The van der Waals surface area contributed by atoms with Crippen molar-refractivity contribution in [3.63, 3.8) is 0 Å². The van der Waals surface area contributed by atoms with E-state index < -0.39 is 47.5 Å². The van der Waals surface area contributed by atoms with Crippen LogP contribution in [0.5, 0.6) is 0 Å². The Morgan fingerprint density at radius 1 is 0.963 bits per heavy atom. The van der Waals surface area contributed by atoms with Crippen LogP contribution in [0.1, 0.15) is 11.1 Å². The molecule has 0 bridgehead atoms. The minimum Gasteiger partial charge on any atom is -0.325 e. The van der Waals surface area contributed by atoms with Crippen LogP contribution in [-0.4, -0.2) is 18.7 Å². The minimum absolute atomic E-state index is 0.0155. The van der Waals surface area contributed by atoms with E-state index in [0.29, 0.717) is 23.1 Å². The second-order valence-corrected chi connectivity index (χ2v) is 5.70. The number of carbonyl (C=O) groups excluding carboxylic acids is 1. The molecule has 0 aromatic heterocycles. The number of alkyl halides is 7. The van der Waals surface area contributed by atoms with Gasteiger partial charge in [0.05, 0.1) is 16.8 Å². The first-order valence-electron chi connectivity index (χ1n) is 7.44. The maximum Gasteiger partial charge on any atom is 0.416 e. The molecule has 1 aliphatic heterocycles. The quantitative estimate of drug-likeness (QED) is 0.681. The Kier molecular flexibility index (Phi) is 4.41. The maximum absolute atomic E-state index is 15.2. The number of rotatable bonds is 3. The van der Waals surface area contributed by atoms with Gasteiger partial charge in [-0.3, -0.25) is 9.69 Å². The van der Waals surface area contributed by atoms with Crippen LogP contribution in [0, 0.1) is 0 Å².